The maximum atomic E-state index is 11.7. The smallest absolute Gasteiger partial charge is 0.292 e. The lowest BCUT2D eigenvalue weighted by Crippen LogP contribution is -2.32. The van der Waals surface area contributed by atoms with E-state index < -0.39 is 11.7 Å². The molecule has 4 nitrogen and oxygen atoms in total. The van der Waals surface area contributed by atoms with Crippen molar-refractivity contribution in [2.45, 2.75) is 18.9 Å². The first-order valence-corrected chi connectivity index (χ1v) is 5.20. The summed E-state index contributed by atoms with van der Waals surface area (Å²) in [4.78, 5) is 23.1. The van der Waals surface area contributed by atoms with Crippen LogP contribution in [0.15, 0.2) is 24.3 Å². The molecular weight excluding hydrogens is 206 g/mol. The number of hydrogen-bond acceptors (Lipinski definition) is 3. The molecule has 0 heterocycles. The van der Waals surface area contributed by atoms with Crippen LogP contribution in [-0.2, 0) is 4.79 Å². The van der Waals surface area contributed by atoms with Gasteiger partial charge >= 0.3 is 0 Å². The average molecular weight is 219 g/mol. The molecule has 0 aliphatic heterocycles. The van der Waals surface area contributed by atoms with Crippen LogP contribution < -0.4 is 10.1 Å². The van der Waals surface area contributed by atoms with Gasteiger partial charge in [0.25, 0.3) is 5.91 Å². The number of carbonyl (C=O) groups excluding carboxylic acids is 2. The summed E-state index contributed by atoms with van der Waals surface area (Å²) in [5, 5.41) is 2.66. The highest BCUT2D eigenvalue weighted by Crippen LogP contribution is 2.19. The summed E-state index contributed by atoms with van der Waals surface area (Å²) in [6, 6.07) is 6.71. The summed E-state index contributed by atoms with van der Waals surface area (Å²) < 4.78 is 4.97. The molecule has 1 aliphatic rings. The van der Waals surface area contributed by atoms with Gasteiger partial charge in [-0.05, 0) is 37.1 Å². The molecule has 2 rings (SSSR count). The minimum atomic E-state index is -0.521. The van der Waals surface area contributed by atoms with Crippen molar-refractivity contribution in [2.75, 3.05) is 7.11 Å². The predicted octanol–water partition coefficient (Wildman–Crippen LogP) is 1.16. The van der Waals surface area contributed by atoms with Gasteiger partial charge in [0.05, 0.1) is 7.11 Å². The predicted molar refractivity (Wildman–Crippen MR) is 58.5 cm³/mol. The first kappa shape index (κ1) is 10.7. The Morgan fingerprint density at radius 1 is 1.25 bits per heavy atom. The average Bonchev–Trinajstić information content (AvgIpc) is 3.12. The maximum absolute atomic E-state index is 11.7. The van der Waals surface area contributed by atoms with Crippen molar-refractivity contribution in [1.29, 1.82) is 0 Å². The minimum Gasteiger partial charge on any atom is -0.497 e. The standard InChI is InChI=1S/C12H13NO3/c1-16-10-6-2-8(3-7-10)11(14)12(15)13-9-4-5-9/h2-3,6-7,9H,4-5H2,1H3,(H,13,15). The molecule has 0 aromatic heterocycles. The number of amides is 1. The molecule has 1 N–H and O–H groups in total. The molecule has 4 heteroatoms. The van der Waals surface area contributed by atoms with E-state index in [4.69, 9.17) is 4.74 Å². The minimum absolute atomic E-state index is 0.203. The Labute approximate surface area is 93.6 Å². The van der Waals surface area contributed by atoms with Gasteiger partial charge in [-0.3, -0.25) is 9.59 Å². The van der Waals surface area contributed by atoms with Crippen molar-refractivity contribution in [3.63, 3.8) is 0 Å². The molecule has 1 aromatic rings. The molecule has 16 heavy (non-hydrogen) atoms. The highest BCUT2D eigenvalue weighted by Gasteiger charge is 2.26. The third kappa shape index (κ3) is 2.39. The van der Waals surface area contributed by atoms with Crippen molar-refractivity contribution in [2.24, 2.45) is 0 Å². The maximum Gasteiger partial charge on any atom is 0.292 e. The highest BCUT2D eigenvalue weighted by atomic mass is 16.5. The molecule has 0 radical (unpaired) electrons. The zero-order valence-electron chi connectivity index (χ0n) is 9.03. The third-order valence-electron chi connectivity index (χ3n) is 2.47. The van der Waals surface area contributed by atoms with Gasteiger partial charge in [-0.15, -0.1) is 0 Å². The number of carbonyl (C=O) groups is 2. The van der Waals surface area contributed by atoms with Gasteiger partial charge in [0.15, 0.2) is 0 Å². The van der Waals surface area contributed by atoms with Crippen molar-refractivity contribution in [3.05, 3.63) is 29.8 Å². The van der Waals surface area contributed by atoms with Crippen LogP contribution in [0.4, 0.5) is 0 Å². The first-order valence-electron chi connectivity index (χ1n) is 5.20. The zero-order chi connectivity index (χ0) is 11.5. The molecule has 1 saturated carbocycles. The SMILES string of the molecule is COc1ccc(C(=O)C(=O)NC2CC2)cc1. The summed E-state index contributed by atoms with van der Waals surface area (Å²) in [5.41, 5.74) is 0.388. The molecule has 0 saturated heterocycles. The Hall–Kier alpha value is -1.84. The lowest BCUT2D eigenvalue weighted by molar-refractivity contribution is -0.117. The number of nitrogens with one attached hydrogen (secondary N) is 1. The number of methoxy groups -OCH3 is 1. The van der Waals surface area contributed by atoms with Crippen LogP contribution in [0.1, 0.15) is 23.2 Å². The topological polar surface area (TPSA) is 55.4 Å². The summed E-state index contributed by atoms with van der Waals surface area (Å²) in [5.74, 6) is -0.346. The van der Waals surface area contributed by atoms with Crippen LogP contribution in [0, 0.1) is 0 Å². The fourth-order valence-corrected chi connectivity index (χ4v) is 1.35. The zero-order valence-corrected chi connectivity index (χ0v) is 9.03. The Balaban J connectivity index is 2.03. The summed E-state index contributed by atoms with van der Waals surface area (Å²) in [6.07, 6.45) is 1.95. The number of benzene rings is 1. The van der Waals surface area contributed by atoms with E-state index in [0.717, 1.165) is 12.8 Å². The lowest BCUT2D eigenvalue weighted by atomic mass is 10.1. The van der Waals surface area contributed by atoms with Gasteiger partial charge in [-0.25, -0.2) is 0 Å². The van der Waals surface area contributed by atoms with Crippen LogP contribution in [0.25, 0.3) is 0 Å². The van der Waals surface area contributed by atoms with Crippen LogP contribution >= 0.6 is 0 Å². The van der Waals surface area contributed by atoms with Crippen LogP contribution in [0.3, 0.4) is 0 Å². The van der Waals surface area contributed by atoms with Gasteiger partial charge in [0, 0.05) is 11.6 Å². The second kappa shape index (κ2) is 4.35. The van der Waals surface area contributed by atoms with Crippen molar-refractivity contribution >= 4 is 11.7 Å². The fourth-order valence-electron chi connectivity index (χ4n) is 1.35. The van der Waals surface area contributed by atoms with E-state index >= 15 is 0 Å². The summed E-state index contributed by atoms with van der Waals surface area (Å²) in [7, 11) is 1.55. The monoisotopic (exact) mass is 219 g/mol. The van der Waals surface area contributed by atoms with E-state index in [-0.39, 0.29) is 6.04 Å². The Morgan fingerprint density at radius 2 is 1.88 bits per heavy atom. The molecule has 0 spiro atoms. The fraction of sp³-hybridized carbons (Fsp3) is 0.333. The number of ether oxygens (including phenoxy) is 1. The number of Topliss-reactive ketones (excluding diaryl/α,β-unsaturated/α-hetero) is 1. The van der Waals surface area contributed by atoms with E-state index in [0.29, 0.717) is 11.3 Å². The van der Waals surface area contributed by atoms with Gasteiger partial charge in [0.1, 0.15) is 5.75 Å². The number of rotatable bonds is 4. The highest BCUT2D eigenvalue weighted by molar-refractivity contribution is 6.42. The van der Waals surface area contributed by atoms with E-state index in [9.17, 15) is 9.59 Å². The van der Waals surface area contributed by atoms with E-state index in [1.165, 1.54) is 0 Å². The molecule has 84 valence electrons. The van der Waals surface area contributed by atoms with Crippen molar-refractivity contribution < 1.29 is 14.3 Å². The molecule has 1 aromatic carbocycles. The van der Waals surface area contributed by atoms with E-state index in [1.54, 1.807) is 31.4 Å². The quantitative estimate of drug-likeness (QED) is 0.610. The van der Waals surface area contributed by atoms with Crippen LogP contribution in [-0.4, -0.2) is 24.8 Å². The van der Waals surface area contributed by atoms with Crippen molar-refractivity contribution in [1.82, 2.24) is 5.32 Å². The number of hydrogen-bond donors (Lipinski definition) is 1. The van der Waals surface area contributed by atoms with Crippen LogP contribution in [0.5, 0.6) is 5.75 Å². The van der Waals surface area contributed by atoms with Crippen molar-refractivity contribution in [3.8, 4) is 5.75 Å². The first-order chi connectivity index (χ1) is 7.70. The van der Waals surface area contributed by atoms with E-state index in [1.807, 2.05) is 0 Å². The van der Waals surface area contributed by atoms with Crippen LogP contribution in [0.2, 0.25) is 0 Å². The molecular formula is C12H13NO3. The molecule has 1 aliphatic carbocycles. The Bertz CT molecular complexity index is 407. The van der Waals surface area contributed by atoms with Gasteiger partial charge in [-0.2, -0.15) is 0 Å². The molecule has 1 fully saturated rings. The number of ketones is 1. The molecule has 0 unspecified atom stereocenters. The molecule has 0 atom stereocenters. The van der Waals surface area contributed by atoms with E-state index in [2.05, 4.69) is 5.32 Å². The largest absolute Gasteiger partial charge is 0.497 e. The normalized spacial score (nSPS) is 14.3. The van der Waals surface area contributed by atoms with Gasteiger partial charge in [-0.1, -0.05) is 0 Å². The second-order valence-electron chi connectivity index (χ2n) is 3.81. The third-order valence-corrected chi connectivity index (χ3v) is 2.47. The van der Waals surface area contributed by atoms with Gasteiger partial charge in [0.2, 0.25) is 5.78 Å². The Morgan fingerprint density at radius 3 is 2.38 bits per heavy atom. The molecule has 1 amide bonds. The Kier molecular flexibility index (Phi) is 2.90. The summed E-state index contributed by atoms with van der Waals surface area (Å²) in [6.45, 7) is 0. The molecule has 0 bridgehead atoms. The second-order valence-corrected chi connectivity index (χ2v) is 3.81. The summed E-state index contributed by atoms with van der Waals surface area (Å²) >= 11 is 0. The van der Waals surface area contributed by atoms with Gasteiger partial charge < -0.3 is 10.1 Å². The lowest BCUT2D eigenvalue weighted by Gasteiger charge is -2.03.